The van der Waals surface area contributed by atoms with Crippen molar-refractivity contribution in [1.82, 2.24) is 5.32 Å². The highest BCUT2D eigenvalue weighted by Crippen LogP contribution is 2.27. The van der Waals surface area contributed by atoms with Crippen LogP contribution in [0.15, 0.2) is 24.3 Å². The molecule has 2 rings (SSSR count). The molecule has 1 unspecified atom stereocenters. The third-order valence-electron chi connectivity index (χ3n) is 3.88. The Morgan fingerprint density at radius 2 is 2.05 bits per heavy atom. The van der Waals surface area contributed by atoms with Crippen molar-refractivity contribution in [3.63, 3.8) is 0 Å². The van der Waals surface area contributed by atoms with Crippen LogP contribution in [0.25, 0.3) is 0 Å². The number of benzene rings is 1. The average molecular weight is 326 g/mol. The predicted octanol–water partition coefficient (Wildman–Crippen LogP) is 1.63. The number of carbonyl (C=O) groups is 2. The molecule has 0 saturated heterocycles. The molecule has 0 bridgehead atoms. The third-order valence-corrected chi connectivity index (χ3v) is 3.88. The molecule has 0 saturated carbocycles. The summed E-state index contributed by atoms with van der Waals surface area (Å²) in [6, 6.07) is 7.85. The zero-order valence-electron chi connectivity index (χ0n) is 13.1. The smallest absolute Gasteiger partial charge is 0.246 e. The lowest BCUT2D eigenvalue weighted by atomic mass is 9.96. The Morgan fingerprint density at radius 3 is 2.73 bits per heavy atom. The van der Waals surface area contributed by atoms with Crippen molar-refractivity contribution in [3.05, 3.63) is 29.8 Å². The molecule has 1 aromatic rings. The van der Waals surface area contributed by atoms with Gasteiger partial charge in [0.05, 0.1) is 12.1 Å². The summed E-state index contributed by atoms with van der Waals surface area (Å²) in [6.45, 7) is 4.33. The second-order valence-corrected chi connectivity index (χ2v) is 5.77. The Labute approximate surface area is 137 Å². The molecule has 0 spiro atoms. The van der Waals surface area contributed by atoms with Crippen LogP contribution in [-0.4, -0.2) is 30.4 Å². The molecule has 1 aliphatic rings. The highest BCUT2D eigenvalue weighted by atomic mass is 35.5. The van der Waals surface area contributed by atoms with E-state index in [1.54, 1.807) is 11.8 Å². The number of hydrogen-bond acceptors (Lipinski definition) is 3. The van der Waals surface area contributed by atoms with E-state index < -0.39 is 5.54 Å². The molecule has 0 aromatic heterocycles. The van der Waals surface area contributed by atoms with Gasteiger partial charge in [0.2, 0.25) is 11.8 Å². The Morgan fingerprint density at radius 1 is 1.36 bits per heavy atom. The largest absolute Gasteiger partial charge is 0.345 e. The number of nitrogens with one attached hydrogen (secondary N) is 1. The normalized spacial score (nSPS) is 15.5. The highest BCUT2D eigenvalue weighted by molar-refractivity contribution is 5.99. The number of hydrogen-bond donors (Lipinski definition) is 2. The van der Waals surface area contributed by atoms with E-state index in [1.807, 2.05) is 31.2 Å². The first-order valence-electron chi connectivity index (χ1n) is 7.41. The van der Waals surface area contributed by atoms with E-state index in [0.717, 1.165) is 18.5 Å². The molecule has 6 heteroatoms. The van der Waals surface area contributed by atoms with Gasteiger partial charge in [-0.3, -0.25) is 9.59 Å². The number of nitrogens with zero attached hydrogens (tertiary/aromatic N) is 1. The lowest BCUT2D eigenvalue weighted by Crippen LogP contribution is -2.53. The van der Waals surface area contributed by atoms with Gasteiger partial charge in [0.15, 0.2) is 0 Å². The molecule has 1 aliphatic heterocycles. The second-order valence-electron chi connectivity index (χ2n) is 5.77. The van der Waals surface area contributed by atoms with Gasteiger partial charge >= 0.3 is 0 Å². The van der Waals surface area contributed by atoms with E-state index in [1.165, 1.54) is 5.56 Å². The summed E-state index contributed by atoms with van der Waals surface area (Å²) in [7, 11) is 0. The number of para-hydroxylation sites is 1. The number of fused-ring (bicyclic) bond motifs is 1. The van der Waals surface area contributed by atoms with Gasteiger partial charge in [0.25, 0.3) is 0 Å². The number of halogens is 1. The van der Waals surface area contributed by atoms with Crippen LogP contribution in [0.5, 0.6) is 0 Å². The summed E-state index contributed by atoms with van der Waals surface area (Å²) in [5.74, 6) is -0.370. The number of carbonyl (C=O) groups excluding carboxylic acids is 2. The predicted molar refractivity (Wildman–Crippen MR) is 90.3 cm³/mol. The van der Waals surface area contributed by atoms with Gasteiger partial charge in [-0.15, -0.1) is 12.4 Å². The zero-order chi connectivity index (χ0) is 15.5. The summed E-state index contributed by atoms with van der Waals surface area (Å²) in [5.41, 5.74) is 7.15. The molecule has 22 heavy (non-hydrogen) atoms. The number of amides is 2. The van der Waals surface area contributed by atoms with Crippen LogP contribution in [0.2, 0.25) is 0 Å². The second kappa shape index (κ2) is 7.61. The number of anilines is 1. The zero-order valence-corrected chi connectivity index (χ0v) is 13.9. The minimum absolute atomic E-state index is 0. The molecule has 3 N–H and O–H groups in total. The van der Waals surface area contributed by atoms with Crippen LogP contribution in [0.4, 0.5) is 5.69 Å². The molecule has 0 aliphatic carbocycles. The molecule has 0 radical (unpaired) electrons. The van der Waals surface area contributed by atoms with Crippen molar-refractivity contribution in [2.45, 2.75) is 38.6 Å². The quantitative estimate of drug-likeness (QED) is 0.864. The standard InChI is InChI=1S/C16H23N3O2.ClH/c1-3-9-16(2,17)15(21)18-11-14(20)19-10-8-12-6-4-5-7-13(12)19;/h4-7H,3,8-11,17H2,1-2H3,(H,18,21);1H. The maximum atomic E-state index is 12.3. The lowest BCUT2D eigenvalue weighted by Gasteiger charge is -2.24. The Bertz CT molecular complexity index is 546. The van der Waals surface area contributed by atoms with Crippen LogP contribution in [0, 0.1) is 0 Å². The van der Waals surface area contributed by atoms with E-state index in [0.29, 0.717) is 13.0 Å². The van der Waals surface area contributed by atoms with Crippen molar-refractivity contribution in [3.8, 4) is 0 Å². The number of nitrogens with two attached hydrogens (primary N) is 1. The van der Waals surface area contributed by atoms with E-state index in [-0.39, 0.29) is 30.8 Å². The molecule has 1 heterocycles. The topological polar surface area (TPSA) is 75.4 Å². The van der Waals surface area contributed by atoms with Crippen LogP contribution in [-0.2, 0) is 16.0 Å². The van der Waals surface area contributed by atoms with Crippen LogP contribution in [0.1, 0.15) is 32.3 Å². The van der Waals surface area contributed by atoms with Crippen molar-refractivity contribution in [2.75, 3.05) is 18.0 Å². The van der Waals surface area contributed by atoms with Gasteiger partial charge in [0.1, 0.15) is 0 Å². The summed E-state index contributed by atoms with van der Waals surface area (Å²) >= 11 is 0. The van der Waals surface area contributed by atoms with Crippen molar-refractivity contribution < 1.29 is 9.59 Å². The van der Waals surface area contributed by atoms with Gasteiger partial charge in [-0.25, -0.2) is 0 Å². The van der Waals surface area contributed by atoms with E-state index in [2.05, 4.69) is 5.32 Å². The molecular formula is C16H24ClN3O2. The first-order chi connectivity index (χ1) is 9.95. The first-order valence-corrected chi connectivity index (χ1v) is 7.41. The van der Waals surface area contributed by atoms with E-state index >= 15 is 0 Å². The summed E-state index contributed by atoms with van der Waals surface area (Å²) in [4.78, 5) is 26.0. The lowest BCUT2D eigenvalue weighted by molar-refractivity contribution is -0.128. The highest BCUT2D eigenvalue weighted by Gasteiger charge is 2.29. The van der Waals surface area contributed by atoms with Gasteiger partial charge in [-0.2, -0.15) is 0 Å². The fourth-order valence-corrected chi connectivity index (χ4v) is 2.68. The van der Waals surface area contributed by atoms with Gasteiger partial charge in [-0.05, 0) is 31.4 Å². The molecule has 1 aromatic carbocycles. The van der Waals surface area contributed by atoms with Gasteiger partial charge in [0, 0.05) is 12.2 Å². The Kier molecular flexibility index (Phi) is 6.38. The molecule has 122 valence electrons. The van der Waals surface area contributed by atoms with Crippen LogP contribution in [0.3, 0.4) is 0 Å². The maximum absolute atomic E-state index is 12.3. The van der Waals surface area contributed by atoms with Gasteiger partial charge < -0.3 is 16.0 Å². The molecule has 1 atom stereocenters. The Balaban J connectivity index is 0.00000242. The fourth-order valence-electron chi connectivity index (χ4n) is 2.68. The van der Waals surface area contributed by atoms with Crippen molar-refractivity contribution >= 4 is 29.9 Å². The van der Waals surface area contributed by atoms with E-state index in [4.69, 9.17) is 5.73 Å². The minimum Gasteiger partial charge on any atom is -0.345 e. The fraction of sp³-hybridized carbons (Fsp3) is 0.500. The van der Waals surface area contributed by atoms with Crippen molar-refractivity contribution in [1.29, 1.82) is 0 Å². The third kappa shape index (κ3) is 3.99. The van der Waals surface area contributed by atoms with Gasteiger partial charge in [-0.1, -0.05) is 31.5 Å². The molecule has 2 amide bonds. The molecular weight excluding hydrogens is 302 g/mol. The summed E-state index contributed by atoms with van der Waals surface area (Å²) in [5, 5.41) is 2.66. The van der Waals surface area contributed by atoms with E-state index in [9.17, 15) is 9.59 Å². The summed E-state index contributed by atoms with van der Waals surface area (Å²) in [6.07, 6.45) is 2.29. The average Bonchev–Trinajstić information content (AvgIpc) is 2.88. The number of rotatable bonds is 5. The summed E-state index contributed by atoms with van der Waals surface area (Å²) < 4.78 is 0. The van der Waals surface area contributed by atoms with Crippen molar-refractivity contribution in [2.24, 2.45) is 5.73 Å². The van der Waals surface area contributed by atoms with Crippen LogP contribution < -0.4 is 16.0 Å². The molecule has 0 fully saturated rings. The Hall–Kier alpha value is -1.59. The molecule has 5 nitrogen and oxygen atoms in total. The SMILES string of the molecule is CCCC(C)(N)C(=O)NCC(=O)N1CCc2ccccc21.Cl. The monoisotopic (exact) mass is 325 g/mol. The maximum Gasteiger partial charge on any atom is 0.246 e. The van der Waals surface area contributed by atoms with Crippen LogP contribution >= 0.6 is 12.4 Å². The first kappa shape index (κ1) is 18.5. The minimum atomic E-state index is -0.919.